The zero-order valence-corrected chi connectivity index (χ0v) is 19.8. The number of aromatic nitrogens is 1. The van der Waals surface area contributed by atoms with E-state index in [1.807, 2.05) is 0 Å². The molecule has 0 unspecified atom stereocenters. The maximum Gasteiger partial charge on any atom is 0.191 e. The first-order chi connectivity index (χ1) is 13.1. The van der Waals surface area contributed by atoms with Gasteiger partial charge in [0, 0.05) is 43.4 Å². The summed E-state index contributed by atoms with van der Waals surface area (Å²) in [7, 11) is 1.73. The van der Waals surface area contributed by atoms with Gasteiger partial charge >= 0.3 is 0 Å². The fraction of sp³-hybridized carbons (Fsp3) is 0.400. The van der Waals surface area contributed by atoms with Gasteiger partial charge in [0.1, 0.15) is 5.82 Å². The minimum absolute atomic E-state index is 0. The summed E-state index contributed by atoms with van der Waals surface area (Å²) < 4.78 is 14.8. The van der Waals surface area contributed by atoms with E-state index in [0.29, 0.717) is 24.2 Å². The van der Waals surface area contributed by atoms with E-state index >= 15 is 0 Å². The Labute approximate surface area is 191 Å². The number of halogens is 3. The quantitative estimate of drug-likeness (QED) is 0.330. The van der Waals surface area contributed by atoms with Crippen molar-refractivity contribution < 1.29 is 4.39 Å². The van der Waals surface area contributed by atoms with Crippen LogP contribution in [0.4, 0.5) is 4.39 Å². The van der Waals surface area contributed by atoms with E-state index in [1.54, 1.807) is 19.3 Å². The Hall–Kier alpha value is -1.26. The van der Waals surface area contributed by atoms with Gasteiger partial charge in [0.15, 0.2) is 5.96 Å². The molecule has 0 spiro atoms. The van der Waals surface area contributed by atoms with E-state index in [0.717, 1.165) is 36.9 Å². The summed E-state index contributed by atoms with van der Waals surface area (Å²) in [4.78, 5) is 10.8. The number of rotatable bonds is 5. The molecule has 28 heavy (non-hydrogen) atoms. The minimum Gasteiger partial charge on any atom is -0.354 e. The Kier molecular flexibility index (Phi) is 9.60. The zero-order valence-electron chi connectivity index (χ0n) is 15.9. The average Bonchev–Trinajstić information content (AvgIpc) is 2.69. The molecule has 0 bridgehead atoms. The minimum atomic E-state index is -0.304. The predicted octanol–water partition coefficient (Wildman–Crippen LogP) is 3.93. The van der Waals surface area contributed by atoms with E-state index in [4.69, 9.17) is 0 Å². The van der Waals surface area contributed by atoms with Crippen molar-refractivity contribution in [1.82, 2.24) is 20.5 Å². The summed E-state index contributed by atoms with van der Waals surface area (Å²) in [5, 5.41) is 6.59. The van der Waals surface area contributed by atoms with E-state index in [1.165, 1.54) is 11.6 Å². The van der Waals surface area contributed by atoms with E-state index < -0.39 is 0 Å². The molecule has 5 nitrogen and oxygen atoms in total. The Morgan fingerprint density at radius 1 is 1.25 bits per heavy atom. The van der Waals surface area contributed by atoms with Gasteiger partial charge in [-0.3, -0.25) is 14.9 Å². The summed E-state index contributed by atoms with van der Waals surface area (Å²) in [5.74, 6) is 0.383. The lowest BCUT2D eigenvalue weighted by Gasteiger charge is -2.33. The van der Waals surface area contributed by atoms with Crippen molar-refractivity contribution in [1.29, 1.82) is 0 Å². The molecule has 0 radical (unpaired) electrons. The molecule has 1 saturated heterocycles. The van der Waals surface area contributed by atoms with Crippen LogP contribution in [0.3, 0.4) is 0 Å². The summed E-state index contributed by atoms with van der Waals surface area (Å²) >= 11 is 3.48. The normalized spacial score (nSPS) is 15.8. The van der Waals surface area contributed by atoms with Crippen molar-refractivity contribution in [3.8, 4) is 0 Å². The molecule has 1 fully saturated rings. The Morgan fingerprint density at radius 3 is 2.61 bits per heavy atom. The molecule has 1 aromatic carbocycles. The van der Waals surface area contributed by atoms with Gasteiger partial charge in [-0.25, -0.2) is 4.39 Å². The van der Waals surface area contributed by atoms with Crippen molar-refractivity contribution in [2.45, 2.75) is 32.0 Å². The van der Waals surface area contributed by atoms with Gasteiger partial charge in [-0.15, -0.1) is 24.0 Å². The van der Waals surface area contributed by atoms with Crippen LogP contribution in [0.5, 0.6) is 0 Å². The van der Waals surface area contributed by atoms with Gasteiger partial charge < -0.3 is 10.6 Å². The number of hydrogen-bond acceptors (Lipinski definition) is 3. The second-order valence-electron chi connectivity index (χ2n) is 6.68. The highest BCUT2D eigenvalue weighted by Crippen LogP contribution is 2.16. The van der Waals surface area contributed by atoms with Crippen LogP contribution >= 0.6 is 39.9 Å². The van der Waals surface area contributed by atoms with Crippen molar-refractivity contribution in [3.05, 3.63) is 64.1 Å². The molecule has 1 aliphatic heterocycles. The highest BCUT2D eigenvalue weighted by atomic mass is 127. The second kappa shape index (κ2) is 11.7. The van der Waals surface area contributed by atoms with Crippen LogP contribution in [-0.2, 0) is 13.1 Å². The third kappa shape index (κ3) is 6.97. The van der Waals surface area contributed by atoms with Gasteiger partial charge in [0.2, 0.25) is 0 Å². The number of benzene rings is 1. The molecular weight excluding hydrogens is 536 g/mol. The summed E-state index contributed by atoms with van der Waals surface area (Å²) in [5.41, 5.74) is 1.73. The Bertz CT molecular complexity index is 763. The topological polar surface area (TPSA) is 52.6 Å². The number of guanidine groups is 1. The highest BCUT2D eigenvalue weighted by Gasteiger charge is 2.20. The molecule has 0 amide bonds. The van der Waals surface area contributed by atoms with Gasteiger partial charge in [0.25, 0.3) is 0 Å². The lowest BCUT2D eigenvalue weighted by atomic mass is 10.0. The second-order valence-corrected chi connectivity index (χ2v) is 7.59. The van der Waals surface area contributed by atoms with Gasteiger partial charge in [-0.2, -0.15) is 0 Å². The van der Waals surface area contributed by atoms with Gasteiger partial charge in [-0.1, -0.05) is 28.1 Å². The third-order valence-corrected chi connectivity index (χ3v) is 5.26. The Morgan fingerprint density at radius 2 is 1.96 bits per heavy atom. The van der Waals surface area contributed by atoms with Crippen LogP contribution in [0.2, 0.25) is 0 Å². The number of nitrogens with zero attached hydrogens (tertiary/aromatic N) is 3. The monoisotopic (exact) mass is 561 g/mol. The number of pyridine rings is 1. The van der Waals surface area contributed by atoms with E-state index in [9.17, 15) is 4.39 Å². The van der Waals surface area contributed by atoms with Crippen molar-refractivity contribution in [2.24, 2.45) is 4.99 Å². The lowest BCUT2D eigenvalue weighted by Crippen LogP contribution is -2.48. The standard InChI is InChI=1S/C20H25BrFN5.HI/c1-23-20(25-13-19-18(22)3-2-10-24-19)26-17-8-11-27(12-9-17)14-15-4-6-16(21)7-5-15;/h2-7,10,17H,8-9,11-14H2,1H3,(H2,23,25,26);1H. The molecule has 0 saturated carbocycles. The van der Waals surface area contributed by atoms with Crippen LogP contribution in [0, 0.1) is 5.82 Å². The number of hydrogen-bond donors (Lipinski definition) is 2. The third-order valence-electron chi connectivity index (χ3n) is 4.73. The summed E-state index contributed by atoms with van der Waals surface area (Å²) in [6.45, 7) is 3.37. The fourth-order valence-corrected chi connectivity index (χ4v) is 3.45. The molecule has 1 aromatic heterocycles. The van der Waals surface area contributed by atoms with Crippen molar-refractivity contribution in [3.63, 3.8) is 0 Å². The van der Waals surface area contributed by atoms with Crippen LogP contribution < -0.4 is 10.6 Å². The average molecular weight is 562 g/mol. The molecule has 8 heteroatoms. The van der Waals surface area contributed by atoms with Crippen LogP contribution in [-0.4, -0.2) is 42.0 Å². The van der Waals surface area contributed by atoms with E-state index in [2.05, 4.69) is 65.7 Å². The smallest absolute Gasteiger partial charge is 0.191 e. The predicted molar refractivity (Wildman–Crippen MR) is 125 cm³/mol. The molecule has 3 rings (SSSR count). The molecule has 2 N–H and O–H groups in total. The van der Waals surface area contributed by atoms with E-state index in [-0.39, 0.29) is 29.8 Å². The molecule has 1 aliphatic rings. The van der Waals surface area contributed by atoms with Gasteiger partial charge in [-0.05, 0) is 42.7 Å². The van der Waals surface area contributed by atoms with Crippen LogP contribution in [0.15, 0.2) is 52.1 Å². The highest BCUT2D eigenvalue weighted by molar-refractivity contribution is 14.0. The number of aliphatic imine (C=N–C) groups is 1. The summed E-state index contributed by atoms with van der Waals surface area (Å²) in [6, 6.07) is 11.9. The zero-order chi connectivity index (χ0) is 19.1. The molecule has 2 heterocycles. The number of likely N-dealkylation sites (tertiary alicyclic amines) is 1. The number of piperidine rings is 1. The maximum absolute atomic E-state index is 13.7. The number of nitrogens with one attached hydrogen (secondary N) is 2. The molecular formula is C20H26BrFIN5. The lowest BCUT2D eigenvalue weighted by molar-refractivity contribution is 0.198. The first-order valence-electron chi connectivity index (χ1n) is 9.17. The van der Waals surface area contributed by atoms with Crippen LogP contribution in [0.1, 0.15) is 24.1 Å². The van der Waals surface area contributed by atoms with Crippen molar-refractivity contribution in [2.75, 3.05) is 20.1 Å². The Balaban J connectivity index is 0.00000280. The summed E-state index contributed by atoms with van der Waals surface area (Å²) in [6.07, 6.45) is 3.70. The molecule has 152 valence electrons. The van der Waals surface area contributed by atoms with Crippen molar-refractivity contribution >= 4 is 45.9 Å². The largest absolute Gasteiger partial charge is 0.354 e. The fourth-order valence-electron chi connectivity index (χ4n) is 3.19. The maximum atomic E-state index is 13.7. The SMILES string of the molecule is CN=C(NCc1ncccc1F)NC1CCN(Cc2ccc(Br)cc2)CC1.I. The van der Waals surface area contributed by atoms with Gasteiger partial charge in [0.05, 0.1) is 12.2 Å². The first-order valence-corrected chi connectivity index (χ1v) is 9.96. The molecule has 2 aromatic rings. The molecule has 0 atom stereocenters. The molecule has 0 aliphatic carbocycles. The van der Waals surface area contributed by atoms with Crippen LogP contribution in [0.25, 0.3) is 0 Å². The first kappa shape index (κ1) is 23.0.